The molecular formula is C12H25N3O3. The monoisotopic (exact) mass is 259 g/mol. The van der Waals surface area contributed by atoms with Crippen molar-refractivity contribution in [2.24, 2.45) is 5.73 Å². The summed E-state index contributed by atoms with van der Waals surface area (Å²) in [5.74, 6) is -0.345. The number of primary amides is 1. The van der Waals surface area contributed by atoms with E-state index in [9.17, 15) is 9.59 Å². The molecule has 106 valence electrons. The third-order valence-electron chi connectivity index (χ3n) is 2.03. The van der Waals surface area contributed by atoms with Crippen molar-refractivity contribution in [3.05, 3.63) is 0 Å². The lowest BCUT2D eigenvalue weighted by molar-refractivity contribution is -0.118. The lowest BCUT2D eigenvalue weighted by Gasteiger charge is -2.22. The van der Waals surface area contributed by atoms with Gasteiger partial charge < -0.3 is 21.1 Å². The molecule has 0 bridgehead atoms. The minimum absolute atomic E-state index is 0.0158. The summed E-state index contributed by atoms with van der Waals surface area (Å²) in [4.78, 5) is 22.1. The molecule has 0 radical (unpaired) electrons. The smallest absolute Gasteiger partial charge is 0.407 e. The molecule has 0 aliphatic rings. The van der Waals surface area contributed by atoms with Gasteiger partial charge in [0.25, 0.3) is 0 Å². The standard InChI is InChI=1S/C12H25N3O3/c1-8(6-10(13)16)15-9(2)7-14-11(17)18-12(3,4)5/h8-9,15H,6-7H2,1-5H3,(H2,13,16)(H,14,17). The predicted molar refractivity (Wildman–Crippen MR) is 70.1 cm³/mol. The lowest BCUT2D eigenvalue weighted by atomic mass is 10.2. The van der Waals surface area contributed by atoms with E-state index < -0.39 is 11.7 Å². The zero-order valence-electron chi connectivity index (χ0n) is 11.9. The fourth-order valence-corrected chi connectivity index (χ4v) is 1.46. The normalized spacial score (nSPS) is 14.7. The molecule has 0 spiro atoms. The summed E-state index contributed by atoms with van der Waals surface area (Å²) in [6.07, 6.45) is -0.171. The Hall–Kier alpha value is -1.30. The first kappa shape index (κ1) is 16.7. The van der Waals surface area contributed by atoms with Crippen LogP contribution in [0.2, 0.25) is 0 Å². The van der Waals surface area contributed by atoms with Gasteiger partial charge in [-0.2, -0.15) is 0 Å². The number of carbonyl (C=O) groups is 2. The number of carbonyl (C=O) groups excluding carboxylic acids is 2. The van der Waals surface area contributed by atoms with E-state index in [0.717, 1.165) is 0 Å². The number of amides is 2. The van der Waals surface area contributed by atoms with Crippen molar-refractivity contribution >= 4 is 12.0 Å². The summed E-state index contributed by atoms with van der Waals surface area (Å²) in [6, 6.07) is 0.0183. The molecule has 4 N–H and O–H groups in total. The van der Waals surface area contributed by atoms with Crippen molar-refractivity contribution in [1.82, 2.24) is 10.6 Å². The van der Waals surface area contributed by atoms with Gasteiger partial charge in [0.05, 0.1) is 0 Å². The summed E-state index contributed by atoms with van der Waals surface area (Å²) in [7, 11) is 0. The van der Waals surface area contributed by atoms with E-state index in [-0.39, 0.29) is 24.4 Å². The molecule has 0 aromatic rings. The van der Waals surface area contributed by atoms with Crippen molar-refractivity contribution in [2.45, 2.75) is 58.7 Å². The average molecular weight is 259 g/mol. The third-order valence-corrected chi connectivity index (χ3v) is 2.03. The fraction of sp³-hybridized carbons (Fsp3) is 0.833. The summed E-state index contributed by atoms with van der Waals surface area (Å²) in [5.41, 5.74) is 4.59. The molecular weight excluding hydrogens is 234 g/mol. The molecule has 2 amide bonds. The molecule has 0 rings (SSSR count). The quantitative estimate of drug-likeness (QED) is 0.656. The van der Waals surface area contributed by atoms with Gasteiger partial charge >= 0.3 is 6.09 Å². The zero-order valence-corrected chi connectivity index (χ0v) is 11.9. The Morgan fingerprint density at radius 1 is 1.22 bits per heavy atom. The van der Waals surface area contributed by atoms with Crippen LogP contribution in [-0.4, -0.2) is 36.2 Å². The minimum atomic E-state index is -0.500. The van der Waals surface area contributed by atoms with Crippen LogP contribution in [0.15, 0.2) is 0 Å². The Morgan fingerprint density at radius 3 is 2.22 bits per heavy atom. The van der Waals surface area contributed by atoms with Crippen LogP contribution in [0.3, 0.4) is 0 Å². The molecule has 2 atom stereocenters. The highest BCUT2D eigenvalue weighted by Crippen LogP contribution is 2.06. The van der Waals surface area contributed by atoms with Gasteiger partial charge in [-0.15, -0.1) is 0 Å². The average Bonchev–Trinajstić information content (AvgIpc) is 2.10. The maximum absolute atomic E-state index is 11.4. The van der Waals surface area contributed by atoms with Crippen molar-refractivity contribution in [3.8, 4) is 0 Å². The second-order valence-corrected chi connectivity index (χ2v) is 5.52. The highest BCUT2D eigenvalue weighted by Gasteiger charge is 2.17. The molecule has 0 saturated carbocycles. The molecule has 0 aliphatic carbocycles. The van der Waals surface area contributed by atoms with Gasteiger partial charge in [-0.1, -0.05) is 0 Å². The molecule has 0 aromatic heterocycles. The van der Waals surface area contributed by atoms with Gasteiger partial charge in [0.15, 0.2) is 0 Å². The van der Waals surface area contributed by atoms with E-state index in [4.69, 9.17) is 10.5 Å². The zero-order chi connectivity index (χ0) is 14.3. The second kappa shape index (κ2) is 7.20. The second-order valence-electron chi connectivity index (χ2n) is 5.52. The number of nitrogens with one attached hydrogen (secondary N) is 2. The van der Waals surface area contributed by atoms with E-state index in [1.54, 1.807) is 0 Å². The molecule has 2 unspecified atom stereocenters. The summed E-state index contributed by atoms with van der Waals surface area (Å²) in [6.45, 7) is 9.64. The number of rotatable bonds is 6. The van der Waals surface area contributed by atoms with Crippen molar-refractivity contribution in [3.63, 3.8) is 0 Å². The van der Waals surface area contributed by atoms with Crippen molar-refractivity contribution in [1.29, 1.82) is 0 Å². The Kier molecular flexibility index (Phi) is 6.68. The molecule has 0 aromatic carbocycles. The van der Waals surface area contributed by atoms with E-state index in [2.05, 4.69) is 10.6 Å². The minimum Gasteiger partial charge on any atom is -0.444 e. The molecule has 18 heavy (non-hydrogen) atoms. The Bertz CT molecular complexity index is 287. The predicted octanol–water partition coefficient (Wildman–Crippen LogP) is 0.753. The highest BCUT2D eigenvalue weighted by molar-refractivity contribution is 5.74. The Balaban J connectivity index is 3.86. The van der Waals surface area contributed by atoms with Gasteiger partial charge in [-0.05, 0) is 34.6 Å². The van der Waals surface area contributed by atoms with E-state index >= 15 is 0 Å². The summed E-state index contributed by atoms with van der Waals surface area (Å²) >= 11 is 0. The van der Waals surface area contributed by atoms with Crippen LogP contribution in [-0.2, 0) is 9.53 Å². The molecule has 6 nitrogen and oxygen atoms in total. The Morgan fingerprint density at radius 2 is 1.78 bits per heavy atom. The van der Waals surface area contributed by atoms with Crippen LogP contribution in [0.4, 0.5) is 4.79 Å². The fourth-order valence-electron chi connectivity index (χ4n) is 1.46. The third kappa shape index (κ3) is 9.89. The molecule has 0 aliphatic heterocycles. The first-order valence-corrected chi connectivity index (χ1v) is 6.11. The number of hydrogen-bond donors (Lipinski definition) is 3. The first-order valence-electron chi connectivity index (χ1n) is 6.11. The number of hydrogen-bond acceptors (Lipinski definition) is 4. The SMILES string of the molecule is CC(CNC(=O)OC(C)(C)C)NC(C)CC(N)=O. The van der Waals surface area contributed by atoms with E-state index in [0.29, 0.717) is 6.54 Å². The van der Waals surface area contributed by atoms with Crippen LogP contribution in [0.5, 0.6) is 0 Å². The van der Waals surface area contributed by atoms with Gasteiger partial charge in [0.1, 0.15) is 5.60 Å². The van der Waals surface area contributed by atoms with Crippen molar-refractivity contribution < 1.29 is 14.3 Å². The molecule has 0 saturated heterocycles. The highest BCUT2D eigenvalue weighted by atomic mass is 16.6. The van der Waals surface area contributed by atoms with Gasteiger partial charge in [0.2, 0.25) is 5.91 Å². The van der Waals surface area contributed by atoms with Gasteiger partial charge in [-0.25, -0.2) is 4.79 Å². The Labute approximate surface area is 109 Å². The summed E-state index contributed by atoms with van der Waals surface area (Å²) < 4.78 is 5.11. The molecule has 0 fully saturated rings. The number of ether oxygens (including phenoxy) is 1. The van der Waals surface area contributed by atoms with Crippen LogP contribution in [0, 0.1) is 0 Å². The van der Waals surface area contributed by atoms with Crippen LogP contribution >= 0.6 is 0 Å². The van der Waals surface area contributed by atoms with Crippen molar-refractivity contribution in [2.75, 3.05) is 6.54 Å². The maximum Gasteiger partial charge on any atom is 0.407 e. The maximum atomic E-state index is 11.4. The first-order chi connectivity index (χ1) is 8.10. The topological polar surface area (TPSA) is 93.4 Å². The summed E-state index contributed by atoms with van der Waals surface area (Å²) in [5, 5.41) is 5.82. The number of nitrogens with two attached hydrogens (primary N) is 1. The molecule has 0 heterocycles. The van der Waals surface area contributed by atoms with E-state index in [1.165, 1.54) is 0 Å². The largest absolute Gasteiger partial charge is 0.444 e. The van der Waals surface area contributed by atoms with Crippen LogP contribution in [0.25, 0.3) is 0 Å². The lowest BCUT2D eigenvalue weighted by Crippen LogP contribution is -2.45. The molecule has 6 heteroatoms. The van der Waals surface area contributed by atoms with E-state index in [1.807, 2.05) is 34.6 Å². The van der Waals surface area contributed by atoms with Gasteiger partial charge in [0, 0.05) is 25.0 Å². The number of alkyl carbamates (subject to hydrolysis) is 1. The van der Waals surface area contributed by atoms with Crippen LogP contribution in [0.1, 0.15) is 41.0 Å². The van der Waals surface area contributed by atoms with Gasteiger partial charge in [-0.3, -0.25) is 4.79 Å². The van der Waals surface area contributed by atoms with Crippen LogP contribution < -0.4 is 16.4 Å².